The van der Waals surface area contributed by atoms with Crippen LogP contribution >= 0.6 is 11.6 Å². The third-order valence-corrected chi connectivity index (χ3v) is 5.38. The molecule has 1 heterocycles. The molecule has 0 saturated heterocycles. The number of aromatic nitrogens is 2. The molecule has 0 bridgehead atoms. The van der Waals surface area contributed by atoms with E-state index in [1.807, 2.05) is 32.9 Å². The van der Waals surface area contributed by atoms with E-state index in [-0.39, 0.29) is 24.1 Å². The molecule has 0 aliphatic rings. The Morgan fingerprint density at radius 3 is 2.31 bits per heavy atom. The van der Waals surface area contributed by atoms with Gasteiger partial charge >= 0.3 is 5.97 Å². The minimum absolute atomic E-state index is 0.0354. The zero-order chi connectivity index (χ0) is 24.1. The van der Waals surface area contributed by atoms with E-state index in [1.165, 1.54) is 5.56 Å². The van der Waals surface area contributed by atoms with Gasteiger partial charge in [-0.1, -0.05) is 70.5 Å². The molecule has 0 amide bonds. The fourth-order valence-corrected chi connectivity index (χ4v) is 3.49. The number of hydrogen-bond acceptors (Lipinski definition) is 5. The van der Waals surface area contributed by atoms with E-state index in [1.54, 1.807) is 25.0 Å². The summed E-state index contributed by atoms with van der Waals surface area (Å²) in [6.45, 7) is 12.0. The SMILES string of the molecule is C/N=C\C(=C(\OCOC(=O)CC(C)C)c1c(Cl)c(C)nn1C)c1ccc(C(C)(C)C)cc1. The maximum absolute atomic E-state index is 12.0. The number of hydrogen-bond donors (Lipinski definition) is 0. The highest BCUT2D eigenvalue weighted by Crippen LogP contribution is 2.33. The van der Waals surface area contributed by atoms with Crippen molar-refractivity contribution in [1.82, 2.24) is 9.78 Å². The smallest absolute Gasteiger partial charge is 0.308 e. The van der Waals surface area contributed by atoms with Gasteiger partial charge in [0.2, 0.25) is 6.79 Å². The number of halogens is 1. The van der Waals surface area contributed by atoms with Gasteiger partial charge in [-0.2, -0.15) is 5.10 Å². The number of benzene rings is 1. The van der Waals surface area contributed by atoms with Crippen LogP contribution in [-0.4, -0.2) is 35.8 Å². The lowest BCUT2D eigenvalue weighted by Crippen LogP contribution is -2.13. The first-order valence-electron chi connectivity index (χ1n) is 10.7. The molecule has 7 heteroatoms. The molecule has 0 unspecified atom stereocenters. The topological polar surface area (TPSA) is 65.7 Å². The molecule has 0 aliphatic carbocycles. The van der Waals surface area contributed by atoms with Crippen molar-refractivity contribution in [3.63, 3.8) is 0 Å². The lowest BCUT2D eigenvalue weighted by atomic mass is 9.86. The zero-order valence-corrected chi connectivity index (χ0v) is 21.1. The second-order valence-corrected chi connectivity index (χ2v) is 9.58. The Morgan fingerprint density at radius 1 is 1.22 bits per heavy atom. The van der Waals surface area contributed by atoms with Crippen LogP contribution in [0, 0.1) is 12.8 Å². The quantitative estimate of drug-likeness (QED) is 0.216. The fourth-order valence-electron chi connectivity index (χ4n) is 3.24. The highest BCUT2D eigenvalue weighted by Gasteiger charge is 2.22. The van der Waals surface area contributed by atoms with Crippen LogP contribution in [-0.2, 0) is 26.7 Å². The van der Waals surface area contributed by atoms with Gasteiger partial charge in [0.05, 0.1) is 10.7 Å². The first-order valence-corrected chi connectivity index (χ1v) is 11.1. The van der Waals surface area contributed by atoms with Gasteiger partial charge in [0.15, 0.2) is 5.76 Å². The number of rotatable bonds is 8. The number of carbonyl (C=O) groups excluding carboxylic acids is 1. The molecule has 1 aromatic carbocycles. The first kappa shape index (κ1) is 25.7. The summed E-state index contributed by atoms with van der Waals surface area (Å²) in [5.74, 6) is 0.340. The Morgan fingerprint density at radius 2 is 1.84 bits per heavy atom. The first-order chi connectivity index (χ1) is 15.0. The summed E-state index contributed by atoms with van der Waals surface area (Å²) < 4.78 is 13.0. The average molecular weight is 460 g/mol. The van der Waals surface area contributed by atoms with E-state index < -0.39 is 0 Å². The van der Waals surface area contributed by atoms with Crippen LogP contribution in [0.2, 0.25) is 5.02 Å². The van der Waals surface area contributed by atoms with Crippen LogP contribution in [0.4, 0.5) is 0 Å². The van der Waals surface area contributed by atoms with Crippen LogP contribution < -0.4 is 0 Å². The highest BCUT2D eigenvalue weighted by molar-refractivity contribution is 6.33. The summed E-state index contributed by atoms with van der Waals surface area (Å²) in [6.07, 6.45) is 2.04. The van der Waals surface area contributed by atoms with E-state index in [0.717, 1.165) is 11.1 Å². The number of ether oxygens (including phenoxy) is 2. The second kappa shape index (κ2) is 10.8. The van der Waals surface area contributed by atoms with Gasteiger partial charge in [0.25, 0.3) is 0 Å². The van der Waals surface area contributed by atoms with Crippen LogP contribution in [0.25, 0.3) is 11.3 Å². The third kappa shape index (κ3) is 6.45. The predicted octanol–water partition coefficient (Wildman–Crippen LogP) is 5.81. The van der Waals surface area contributed by atoms with Crippen molar-refractivity contribution in [3.8, 4) is 0 Å². The van der Waals surface area contributed by atoms with Gasteiger partial charge in [-0.3, -0.25) is 14.5 Å². The molecular formula is C25H34ClN3O3. The number of esters is 1. The average Bonchev–Trinajstić information content (AvgIpc) is 2.94. The molecule has 1 aromatic heterocycles. The largest absolute Gasteiger partial charge is 0.454 e. The van der Waals surface area contributed by atoms with E-state index in [4.69, 9.17) is 21.1 Å². The predicted molar refractivity (Wildman–Crippen MR) is 131 cm³/mol. The summed E-state index contributed by atoms with van der Waals surface area (Å²) in [7, 11) is 3.49. The van der Waals surface area contributed by atoms with Crippen LogP contribution in [0.15, 0.2) is 29.3 Å². The van der Waals surface area contributed by atoms with Crippen molar-refractivity contribution < 1.29 is 14.3 Å². The van der Waals surface area contributed by atoms with E-state index in [0.29, 0.717) is 28.6 Å². The molecule has 0 atom stereocenters. The molecule has 0 saturated carbocycles. The minimum atomic E-state index is -0.313. The van der Waals surface area contributed by atoms with Gasteiger partial charge in [0.1, 0.15) is 5.69 Å². The monoisotopic (exact) mass is 459 g/mol. The summed E-state index contributed by atoms with van der Waals surface area (Å²) in [5, 5.41) is 4.89. The van der Waals surface area contributed by atoms with E-state index in [9.17, 15) is 4.79 Å². The maximum atomic E-state index is 12.0. The maximum Gasteiger partial charge on any atom is 0.308 e. The second-order valence-electron chi connectivity index (χ2n) is 9.21. The Labute approximate surface area is 196 Å². The summed E-state index contributed by atoms with van der Waals surface area (Å²) in [6, 6.07) is 8.25. The van der Waals surface area contributed by atoms with Gasteiger partial charge < -0.3 is 9.47 Å². The molecule has 32 heavy (non-hydrogen) atoms. The third-order valence-electron chi connectivity index (χ3n) is 4.93. The normalized spacial score (nSPS) is 12.9. The van der Waals surface area contributed by atoms with E-state index >= 15 is 0 Å². The number of aryl methyl sites for hydroxylation is 2. The summed E-state index contributed by atoms with van der Waals surface area (Å²) in [4.78, 5) is 16.3. The molecule has 2 rings (SSSR count). The fraction of sp³-hybridized carbons (Fsp3) is 0.480. The lowest BCUT2D eigenvalue weighted by Gasteiger charge is -2.20. The van der Waals surface area contributed by atoms with Crippen LogP contribution in [0.3, 0.4) is 0 Å². The summed E-state index contributed by atoms with van der Waals surface area (Å²) >= 11 is 6.59. The Balaban J connectivity index is 2.55. The standard InChI is InChI=1S/C25H34ClN3O3/c1-16(2)13-21(30)31-15-32-24(23-22(26)17(3)28-29(23)8)20(14-27-7)18-9-11-19(12-10-18)25(4,5)6/h9-12,14,16H,13,15H2,1-8H3/b24-20-,27-14-. The molecule has 0 aliphatic heterocycles. The number of nitrogens with zero attached hydrogens (tertiary/aromatic N) is 3. The van der Waals surface area contributed by atoms with Crippen molar-refractivity contribution in [2.24, 2.45) is 18.0 Å². The molecule has 6 nitrogen and oxygen atoms in total. The molecule has 2 aromatic rings. The molecular weight excluding hydrogens is 426 g/mol. The van der Waals surface area contributed by atoms with Gasteiger partial charge in [0, 0.05) is 32.3 Å². The van der Waals surface area contributed by atoms with Gasteiger partial charge in [-0.25, -0.2) is 0 Å². The zero-order valence-electron chi connectivity index (χ0n) is 20.3. The highest BCUT2D eigenvalue weighted by atomic mass is 35.5. The lowest BCUT2D eigenvalue weighted by molar-refractivity contribution is -0.152. The number of aliphatic imine (C=N–C) groups is 1. The molecule has 0 spiro atoms. The minimum Gasteiger partial charge on any atom is -0.454 e. The van der Waals surface area contributed by atoms with Crippen LogP contribution in [0.5, 0.6) is 0 Å². The molecule has 174 valence electrons. The number of carbonyl (C=O) groups is 1. The summed E-state index contributed by atoms with van der Waals surface area (Å²) in [5.41, 5.74) is 4.15. The van der Waals surface area contributed by atoms with Crippen molar-refractivity contribution in [1.29, 1.82) is 0 Å². The van der Waals surface area contributed by atoms with Crippen molar-refractivity contribution >= 4 is 35.1 Å². The Bertz CT molecular complexity index is 997. The Hall–Kier alpha value is -2.60. The number of allylic oxidation sites excluding steroid dienone is 1. The van der Waals surface area contributed by atoms with Gasteiger partial charge in [-0.05, 0) is 29.4 Å². The van der Waals surface area contributed by atoms with Gasteiger partial charge in [-0.15, -0.1) is 0 Å². The van der Waals surface area contributed by atoms with Crippen molar-refractivity contribution in [2.45, 2.75) is 53.4 Å². The van der Waals surface area contributed by atoms with Crippen molar-refractivity contribution in [2.75, 3.05) is 13.8 Å². The van der Waals surface area contributed by atoms with Crippen molar-refractivity contribution in [3.05, 3.63) is 51.8 Å². The molecule has 0 radical (unpaired) electrons. The van der Waals surface area contributed by atoms with E-state index in [2.05, 4.69) is 43.0 Å². The molecule has 0 N–H and O–H groups in total. The van der Waals surface area contributed by atoms with Crippen LogP contribution in [0.1, 0.15) is 63.6 Å². The Kier molecular flexibility index (Phi) is 8.67. The molecule has 0 fully saturated rings.